The molecule has 1 aromatic rings. The molecule has 0 aromatic heterocycles. The van der Waals surface area contributed by atoms with Crippen molar-refractivity contribution in [2.45, 2.75) is 17.7 Å². The predicted molar refractivity (Wildman–Crippen MR) is 69.6 cm³/mol. The second-order valence-electron chi connectivity index (χ2n) is 4.51. The monoisotopic (exact) mass is 320 g/mol. The van der Waals surface area contributed by atoms with Crippen molar-refractivity contribution >= 4 is 25.8 Å². The van der Waals surface area contributed by atoms with Gasteiger partial charge in [0.1, 0.15) is 5.82 Å². The van der Waals surface area contributed by atoms with Crippen molar-refractivity contribution in [3.8, 4) is 0 Å². The zero-order valence-electron chi connectivity index (χ0n) is 9.27. The van der Waals surface area contributed by atoms with E-state index in [2.05, 4.69) is 15.9 Å². The van der Waals surface area contributed by atoms with Gasteiger partial charge in [0.2, 0.25) is 0 Å². The molecule has 17 heavy (non-hydrogen) atoms. The van der Waals surface area contributed by atoms with E-state index >= 15 is 0 Å². The number of hydrogen-bond acceptors (Lipinski definition) is 2. The molecule has 94 valence electrons. The molecule has 0 saturated carbocycles. The van der Waals surface area contributed by atoms with E-state index < -0.39 is 9.84 Å². The van der Waals surface area contributed by atoms with Gasteiger partial charge in [-0.15, -0.1) is 0 Å². The highest BCUT2D eigenvalue weighted by molar-refractivity contribution is 9.09. The van der Waals surface area contributed by atoms with Crippen molar-refractivity contribution in [3.05, 3.63) is 35.6 Å². The van der Waals surface area contributed by atoms with E-state index in [1.165, 1.54) is 12.1 Å². The molecule has 0 amide bonds. The maximum Gasteiger partial charge on any atom is 0.150 e. The summed E-state index contributed by atoms with van der Waals surface area (Å²) in [6.07, 6.45) is 1.37. The molecule has 2 nitrogen and oxygen atoms in total. The van der Waals surface area contributed by atoms with Crippen molar-refractivity contribution in [2.24, 2.45) is 5.92 Å². The van der Waals surface area contributed by atoms with E-state index in [1.807, 2.05) is 6.07 Å². The summed E-state index contributed by atoms with van der Waals surface area (Å²) in [7, 11) is -2.85. The highest BCUT2D eigenvalue weighted by atomic mass is 79.9. The van der Waals surface area contributed by atoms with Crippen molar-refractivity contribution in [3.63, 3.8) is 0 Å². The van der Waals surface area contributed by atoms with Crippen LogP contribution in [0.15, 0.2) is 24.3 Å². The molecule has 0 aliphatic carbocycles. The van der Waals surface area contributed by atoms with Gasteiger partial charge >= 0.3 is 0 Å². The van der Waals surface area contributed by atoms with Gasteiger partial charge in [-0.1, -0.05) is 28.1 Å². The second-order valence-corrected chi connectivity index (χ2v) is 7.92. The highest BCUT2D eigenvalue weighted by Gasteiger charge is 2.32. The third kappa shape index (κ3) is 3.52. The van der Waals surface area contributed by atoms with Crippen LogP contribution in [0.2, 0.25) is 0 Å². The Morgan fingerprint density at radius 2 is 2.24 bits per heavy atom. The molecule has 1 saturated heterocycles. The quantitative estimate of drug-likeness (QED) is 0.802. The fraction of sp³-hybridized carbons (Fsp3) is 0.500. The molecule has 2 atom stereocenters. The third-order valence-corrected chi connectivity index (χ3v) is 5.96. The molecule has 0 radical (unpaired) electrons. The van der Waals surface area contributed by atoms with Gasteiger partial charge in [-0.25, -0.2) is 12.8 Å². The molecule has 0 spiro atoms. The molecular formula is C12H14BrFO2S. The molecule has 1 aromatic carbocycles. The third-order valence-electron chi connectivity index (χ3n) is 3.10. The van der Waals surface area contributed by atoms with Crippen LogP contribution >= 0.6 is 15.9 Å². The van der Waals surface area contributed by atoms with Crippen LogP contribution in [-0.2, 0) is 16.3 Å². The summed E-state index contributed by atoms with van der Waals surface area (Å²) in [6, 6.07) is 6.45. The van der Waals surface area contributed by atoms with Crippen molar-refractivity contribution in [1.82, 2.24) is 0 Å². The molecule has 1 aliphatic heterocycles. The average molecular weight is 321 g/mol. The minimum absolute atomic E-state index is 0.0987. The number of hydrogen-bond donors (Lipinski definition) is 0. The largest absolute Gasteiger partial charge is 0.229 e. The highest BCUT2D eigenvalue weighted by Crippen LogP contribution is 2.28. The van der Waals surface area contributed by atoms with Gasteiger partial charge in [-0.3, -0.25) is 0 Å². The van der Waals surface area contributed by atoms with Crippen LogP contribution in [0.1, 0.15) is 12.0 Å². The van der Waals surface area contributed by atoms with E-state index in [0.717, 1.165) is 5.56 Å². The Bertz CT molecular complexity index is 501. The van der Waals surface area contributed by atoms with Crippen LogP contribution in [0.3, 0.4) is 0 Å². The van der Waals surface area contributed by atoms with Gasteiger partial charge in [0.05, 0.1) is 11.5 Å². The first-order valence-electron chi connectivity index (χ1n) is 5.55. The number of benzene rings is 1. The van der Waals surface area contributed by atoms with Crippen LogP contribution in [0.25, 0.3) is 0 Å². The van der Waals surface area contributed by atoms with E-state index in [4.69, 9.17) is 0 Å². The van der Waals surface area contributed by atoms with E-state index in [9.17, 15) is 12.8 Å². The summed E-state index contributed by atoms with van der Waals surface area (Å²) in [5.41, 5.74) is 0.899. The second kappa shape index (κ2) is 5.06. The lowest BCUT2D eigenvalue weighted by Crippen LogP contribution is -2.18. The summed E-state index contributed by atoms with van der Waals surface area (Å²) < 4.78 is 35.7. The maximum atomic E-state index is 13.0. The fourth-order valence-electron chi connectivity index (χ4n) is 2.16. The number of sulfone groups is 1. The Hall–Kier alpha value is -0.420. The molecule has 2 unspecified atom stereocenters. The number of rotatable bonds is 3. The average Bonchev–Trinajstić information content (AvgIpc) is 2.59. The smallest absolute Gasteiger partial charge is 0.150 e. The number of alkyl halides is 1. The summed E-state index contributed by atoms with van der Waals surface area (Å²) in [5.74, 6) is 0.422. The van der Waals surface area contributed by atoms with Crippen LogP contribution < -0.4 is 0 Å². The molecule has 2 rings (SSSR count). The topological polar surface area (TPSA) is 34.1 Å². The molecule has 0 bridgehead atoms. The van der Waals surface area contributed by atoms with Crippen molar-refractivity contribution < 1.29 is 12.8 Å². The molecule has 1 fully saturated rings. The molecule has 5 heteroatoms. The van der Waals surface area contributed by atoms with Crippen LogP contribution in [0, 0.1) is 11.7 Å². The Morgan fingerprint density at radius 1 is 1.47 bits per heavy atom. The lowest BCUT2D eigenvalue weighted by Gasteiger charge is -2.15. The molecule has 1 aliphatic rings. The maximum absolute atomic E-state index is 13.0. The lowest BCUT2D eigenvalue weighted by atomic mass is 9.99. The zero-order valence-corrected chi connectivity index (χ0v) is 11.7. The van der Waals surface area contributed by atoms with Gasteiger partial charge in [-0.2, -0.15) is 0 Å². The minimum atomic E-state index is -2.85. The first kappa shape index (κ1) is 13.0. The van der Waals surface area contributed by atoms with Crippen LogP contribution in [-0.4, -0.2) is 24.8 Å². The van der Waals surface area contributed by atoms with Crippen LogP contribution in [0.5, 0.6) is 0 Å². The Kier molecular flexibility index (Phi) is 3.88. The van der Waals surface area contributed by atoms with Gasteiger partial charge in [0, 0.05) is 4.83 Å². The SMILES string of the molecule is O=S1(=O)CCC(C(Br)Cc2cccc(F)c2)C1. The first-order chi connectivity index (χ1) is 7.96. The summed E-state index contributed by atoms with van der Waals surface area (Å²) in [6.45, 7) is 0. The summed E-state index contributed by atoms with van der Waals surface area (Å²) in [5, 5.41) is 0. The van der Waals surface area contributed by atoms with E-state index in [0.29, 0.717) is 12.8 Å². The van der Waals surface area contributed by atoms with Gasteiger partial charge in [-0.05, 0) is 36.5 Å². The summed E-state index contributed by atoms with van der Waals surface area (Å²) >= 11 is 3.53. The molecule has 1 heterocycles. The van der Waals surface area contributed by atoms with Crippen LogP contribution in [0.4, 0.5) is 4.39 Å². The molecule has 0 N–H and O–H groups in total. The standard InChI is InChI=1S/C12H14BrFO2S/c13-12(10-4-5-17(15,16)8-10)7-9-2-1-3-11(14)6-9/h1-3,6,10,12H,4-5,7-8H2. The Morgan fingerprint density at radius 3 is 2.82 bits per heavy atom. The predicted octanol–water partition coefficient (Wildman–Crippen LogP) is 2.57. The Labute approximate surface area is 109 Å². The summed E-state index contributed by atoms with van der Waals surface area (Å²) in [4.78, 5) is 0.0987. The normalized spacial score (nSPS) is 24.7. The molecular weight excluding hydrogens is 307 g/mol. The lowest BCUT2D eigenvalue weighted by molar-refractivity contribution is 0.561. The number of halogens is 2. The Balaban J connectivity index is 2.00. The van der Waals surface area contributed by atoms with Gasteiger partial charge < -0.3 is 0 Å². The van der Waals surface area contributed by atoms with Gasteiger partial charge in [0.25, 0.3) is 0 Å². The van der Waals surface area contributed by atoms with Crippen molar-refractivity contribution in [1.29, 1.82) is 0 Å². The zero-order chi connectivity index (χ0) is 12.5. The van der Waals surface area contributed by atoms with E-state index in [1.54, 1.807) is 6.07 Å². The first-order valence-corrected chi connectivity index (χ1v) is 8.29. The van der Waals surface area contributed by atoms with Crippen molar-refractivity contribution in [2.75, 3.05) is 11.5 Å². The van der Waals surface area contributed by atoms with E-state index in [-0.39, 0.29) is 28.1 Å². The minimum Gasteiger partial charge on any atom is -0.229 e. The fourth-order valence-corrected chi connectivity index (χ4v) is 5.12. The van der Waals surface area contributed by atoms with Gasteiger partial charge in [0.15, 0.2) is 9.84 Å².